The molecule has 16 heavy (non-hydrogen) atoms. The molecule has 3 nitrogen and oxygen atoms in total. The van der Waals surface area contributed by atoms with Crippen molar-refractivity contribution in [3.63, 3.8) is 0 Å². The van der Waals surface area contributed by atoms with Gasteiger partial charge in [-0.25, -0.2) is 0 Å². The van der Waals surface area contributed by atoms with Crippen LogP contribution in [-0.2, 0) is 11.3 Å². The summed E-state index contributed by atoms with van der Waals surface area (Å²) in [6.45, 7) is 7.02. The minimum absolute atomic E-state index is 0.785. The summed E-state index contributed by atoms with van der Waals surface area (Å²) in [6.07, 6.45) is 0. The summed E-state index contributed by atoms with van der Waals surface area (Å²) in [5, 5.41) is 7.80. The van der Waals surface area contributed by atoms with Crippen molar-refractivity contribution in [2.45, 2.75) is 13.5 Å². The number of likely N-dealkylation sites (N-methyl/N-ethyl adjacent to an activating group) is 1. The average Bonchev–Trinajstić information content (AvgIpc) is 2.64. The van der Waals surface area contributed by atoms with E-state index in [1.165, 1.54) is 11.1 Å². The zero-order valence-corrected chi connectivity index (χ0v) is 11.3. The van der Waals surface area contributed by atoms with Crippen LogP contribution in [0.3, 0.4) is 0 Å². The molecule has 0 aliphatic carbocycles. The first-order valence-electron chi connectivity index (χ1n) is 5.64. The topological polar surface area (TPSA) is 24.5 Å². The van der Waals surface area contributed by atoms with Crippen LogP contribution in [0, 0.1) is 6.92 Å². The normalized spacial score (nSPS) is 11.2. The first-order chi connectivity index (χ1) is 7.74. The number of hydrogen-bond donors (Lipinski definition) is 1. The molecule has 0 aliphatic rings. The van der Waals surface area contributed by atoms with Crippen molar-refractivity contribution in [1.29, 1.82) is 0 Å². The van der Waals surface area contributed by atoms with Gasteiger partial charge in [0.05, 0.1) is 6.61 Å². The highest BCUT2D eigenvalue weighted by Crippen LogP contribution is 2.14. The molecule has 0 spiro atoms. The Balaban J connectivity index is 2.11. The second-order valence-electron chi connectivity index (χ2n) is 4.06. The highest BCUT2D eigenvalue weighted by molar-refractivity contribution is 7.08. The van der Waals surface area contributed by atoms with Crippen LogP contribution in [0.15, 0.2) is 10.8 Å². The molecule has 0 aromatic carbocycles. The van der Waals surface area contributed by atoms with E-state index in [2.05, 4.69) is 34.9 Å². The largest absolute Gasteiger partial charge is 0.383 e. The van der Waals surface area contributed by atoms with Crippen molar-refractivity contribution in [3.05, 3.63) is 21.9 Å². The van der Waals surface area contributed by atoms with Crippen molar-refractivity contribution in [2.75, 3.05) is 40.4 Å². The van der Waals surface area contributed by atoms with Gasteiger partial charge in [0.15, 0.2) is 0 Å². The van der Waals surface area contributed by atoms with E-state index in [1.54, 1.807) is 18.4 Å². The molecule has 0 amide bonds. The Morgan fingerprint density at radius 3 is 2.81 bits per heavy atom. The molecule has 0 saturated heterocycles. The summed E-state index contributed by atoms with van der Waals surface area (Å²) in [5.74, 6) is 0. The van der Waals surface area contributed by atoms with Gasteiger partial charge in [0.2, 0.25) is 0 Å². The summed E-state index contributed by atoms with van der Waals surface area (Å²) in [4.78, 5) is 2.34. The van der Waals surface area contributed by atoms with Gasteiger partial charge in [-0.3, -0.25) is 0 Å². The maximum absolute atomic E-state index is 4.98. The molecule has 0 fully saturated rings. The zero-order chi connectivity index (χ0) is 11.8. The number of nitrogens with one attached hydrogen (secondary N) is 1. The van der Waals surface area contributed by atoms with Gasteiger partial charge in [-0.1, -0.05) is 0 Å². The SMILES string of the molecule is COCCNCCN(C)Cc1cscc1C. The maximum Gasteiger partial charge on any atom is 0.0587 e. The molecule has 1 aromatic rings. The molecule has 0 bridgehead atoms. The molecule has 0 saturated carbocycles. The van der Waals surface area contributed by atoms with Crippen molar-refractivity contribution in [3.8, 4) is 0 Å². The molecule has 1 heterocycles. The van der Waals surface area contributed by atoms with Crippen LogP contribution in [-0.4, -0.2) is 45.3 Å². The van der Waals surface area contributed by atoms with Gasteiger partial charge >= 0.3 is 0 Å². The molecule has 1 aromatic heterocycles. The van der Waals surface area contributed by atoms with Gasteiger partial charge in [0, 0.05) is 33.3 Å². The Kier molecular flexibility index (Phi) is 6.64. The second kappa shape index (κ2) is 7.79. The molecule has 1 N–H and O–H groups in total. The Bertz CT molecular complexity index is 288. The van der Waals surface area contributed by atoms with Crippen LogP contribution in [0.5, 0.6) is 0 Å². The fourth-order valence-corrected chi connectivity index (χ4v) is 2.34. The standard InChI is InChI=1S/C12H22N2OS/c1-11-9-16-10-12(11)8-14(2)6-4-13-5-7-15-3/h9-10,13H,4-8H2,1-3H3. The van der Waals surface area contributed by atoms with Crippen molar-refractivity contribution >= 4 is 11.3 Å². The second-order valence-corrected chi connectivity index (χ2v) is 4.80. The number of rotatable bonds is 8. The predicted molar refractivity (Wildman–Crippen MR) is 70.1 cm³/mol. The van der Waals surface area contributed by atoms with Crippen LogP contribution >= 0.6 is 11.3 Å². The first kappa shape index (κ1) is 13.6. The van der Waals surface area contributed by atoms with E-state index in [-0.39, 0.29) is 0 Å². The number of aryl methyl sites for hydroxylation is 1. The van der Waals surface area contributed by atoms with Crippen molar-refractivity contribution in [2.24, 2.45) is 0 Å². The monoisotopic (exact) mass is 242 g/mol. The summed E-state index contributed by atoms with van der Waals surface area (Å²) < 4.78 is 4.98. The van der Waals surface area contributed by atoms with Gasteiger partial charge in [0.25, 0.3) is 0 Å². The van der Waals surface area contributed by atoms with E-state index in [0.717, 1.165) is 32.8 Å². The lowest BCUT2D eigenvalue weighted by Gasteiger charge is -2.16. The third kappa shape index (κ3) is 5.07. The van der Waals surface area contributed by atoms with E-state index in [4.69, 9.17) is 4.74 Å². The van der Waals surface area contributed by atoms with E-state index in [9.17, 15) is 0 Å². The number of thiophene rings is 1. The van der Waals surface area contributed by atoms with Gasteiger partial charge in [-0.15, -0.1) is 0 Å². The van der Waals surface area contributed by atoms with Crippen LogP contribution in [0.4, 0.5) is 0 Å². The Morgan fingerprint density at radius 1 is 1.38 bits per heavy atom. The lowest BCUT2D eigenvalue weighted by molar-refractivity contribution is 0.197. The first-order valence-corrected chi connectivity index (χ1v) is 6.58. The van der Waals surface area contributed by atoms with E-state index < -0.39 is 0 Å². The van der Waals surface area contributed by atoms with Crippen molar-refractivity contribution < 1.29 is 4.74 Å². The molecular weight excluding hydrogens is 220 g/mol. The fraction of sp³-hybridized carbons (Fsp3) is 0.667. The minimum atomic E-state index is 0.785. The van der Waals surface area contributed by atoms with Crippen LogP contribution in [0.1, 0.15) is 11.1 Å². The summed E-state index contributed by atoms with van der Waals surface area (Å²) in [6, 6.07) is 0. The number of hydrogen-bond acceptors (Lipinski definition) is 4. The summed E-state index contributed by atoms with van der Waals surface area (Å²) in [5.41, 5.74) is 2.86. The number of ether oxygens (including phenoxy) is 1. The molecule has 0 radical (unpaired) electrons. The van der Waals surface area contributed by atoms with Gasteiger partial charge in [-0.05, 0) is 35.9 Å². The Labute approximate surface area is 102 Å². The van der Waals surface area contributed by atoms with Gasteiger partial charge < -0.3 is 15.0 Å². The fourth-order valence-electron chi connectivity index (χ4n) is 1.49. The smallest absolute Gasteiger partial charge is 0.0587 e. The highest BCUT2D eigenvalue weighted by atomic mass is 32.1. The molecule has 1 rings (SSSR count). The molecular formula is C12H22N2OS. The van der Waals surface area contributed by atoms with Crippen LogP contribution in [0.25, 0.3) is 0 Å². The van der Waals surface area contributed by atoms with E-state index in [1.807, 2.05) is 0 Å². The number of nitrogens with zero attached hydrogens (tertiary/aromatic N) is 1. The molecule has 0 unspecified atom stereocenters. The van der Waals surface area contributed by atoms with Gasteiger partial charge in [-0.2, -0.15) is 11.3 Å². The summed E-state index contributed by atoms with van der Waals surface area (Å²) in [7, 11) is 3.89. The average molecular weight is 242 g/mol. The molecule has 4 heteroatoms. The van der Waals surface area contributed by atoms with E-state index in [0.29, 0.717) is 0 Å². The predicted octanol–water partition coefficient (Wildman–Crippen LogP) is 1.72. The van der Waals surface area contributed by atoms with Crippen molar-refractivity contribution in [1.82, 2.24) is 10.2 Å². The van der Waals surface area contributed by atoms with Crippen LogP contribution in [0.2, 0.25) is 0 Å². The number of methoxy groups -OCH3 is 1. The molecule has 0 aliphatic heterocycles. The maximum atomic E-state index is 4.98. The van der Waals surface area contributed by atoms with Gasteiger partial charge in [0.1, 0.15) is 0 Å². The van der Waals surface area contributed by atoms with E-state index >= 15 is 0 Å². The Morgan fingerprint density at radius 2 is 2.19 bits per heavy atom. The lowest BCUT2D eigenvalue weighted by Crippen LogP contribution is -2.30. The zero-order valence-electron chi connectivity index (χ0n) is 10.5. The lowest BCUT2D eigenvalue weighted by atomic mass is 10.2. The third-order valence-corrected chi connectivity index (χ3v) is 3.47. The molecule has 92 valence electrons. The molecule has 0 atom stereocenters. The quantitative estimate of drug-likeness (QED) is 0.703. The van der Waals surface area contributed by atoms with Crippen LogP contribution < -0.4 is 5.32 Å². The summed E-state index contributed by atoms with van der Waals surface area (Å²) >= 11 is 1.78. The Hall–Kier alpha value is -0.420. The third-order valence-electron chi connectivity index (χ3n) is 2.56. The minimum Gasteiger partial charge on any atom is -0.383 e. The highest BCUT2D eigenvalue weighted by Gasteiger charge is 2.03.